The van der Waals surface area contributed by atoms with E-state index in [-0.39, 0.29) is 57.2 Å². The molecule has 2 heterocycles. The summed E-state index contributed by atoms with van der Waals surface area (Å²) in [6.45, 7) is 7.33. The number of aromatic nitrogens is 1. The first kappa shape index (κ1) is 42.8. The van der Waals surface area contributed by atoms with Crippen LogP contribution < -0.4 is 9.47 Å². The molecular weight excluding hydrogens is 739 g/mol. The minimum absolute atomic E-state index is 0.0620. The van der Waals surface area contributed by atoms with Crippen LogP contribution in [0.4, 0.5) is 4.79 Å². The van der Waals surface area contributed by atoms with Crippen molar-refractivity contribution in [3.8, 4) is 11.5 Å². The molecule has 12 heteroatoms. The number of aryl methyl sites for hydroxylation is 1. The number of oxime groups is 1. The highest BCUT2D eigenvalue weighted by Crippen LogP contribution is 2.61. The molecule has 58 heavy (non-hydrogen) atoms. The molecule has 2 aliphatic carbocycles. The Balaban J connectivity index is 1.40. The van der Waals surface area contributed by atoms with Crippen molar-refractivity contribution in [2.24, 2.45) is 22.9 Å². The summed E-state index contributed by atoms with van der Waals surface area (Å²) in [6, 6.07) is 20.9. The Bertz CT molecular complexity index is 1870. The van der Waals surface area contributed by atoms with Crippen LogP contribution in [0.25, 0.3) is 0 Å². The lowest BCUT2D eigenvalue weighted by atomic mass is 9.55. The van der Waals surface area contributed by atoms with Crippen LogP contribution in [0.5, 0.6) is 11.5 Å². The fourth-order valence-corrected chi connectivity index (χ4v) is 8.95. The number of unbranched alkanes of at least 4 members (excludes halogenated alkanes) is 2. The minimum atomic E-state index is -1.37. The second kappa shape index (κ2) is 20.8. The lowest BCUT2D eigenvalue weighted by Crippen LogP contribution is -2.69. The SMILES string of the molecule is C=CCO[C@@]12Oc3ccc(OCc4cccc(C)n4)cc3[C@H]3[C@H](CCCCO)[C@@H](CCCCO)C=C(C(=NOC)C[C@@H]1N(C)C(=O)OCCOCc1ccccc1)[C@H]32. The smallest absolute Gasteiger partial charge is 0.410 e. The number of nitrogens with zero attached hydrogens (tertiary/aromatic N) is 3. The number of pyridine rings is 1. The van der Waals surface area contributed by atoms with Gasteiger partial charge in [0.25, 0.3) is 0 Å². The standard InChI is InChI=1S/C46H59N3O9/c1-5-24-57-46-42(49(3)45(52)55-26-25-54-30-33-15-7-6-8-16-33)29-40(48-53-4)38-27-34(17-9-11-22-50)37(19-10-12-23-51)43(44(38)46)39-28-36(20-21-41(39)58-46)56-31-35-18-13-14-32(2)47-35/h5-8,13-16,18,20-21,27-28,34,37,42-44,50-51H,1,9-12,17,19,22-26,29-31H2,2-4H3/t34-,37+,42-,43+,44+,46+/m0/s1. The summed E-state index contributed by atoms with van der Waals surface area (Å²) in [7, 11) is 3.24. The number of aliphatic hydroxyl groups is 2. The Morgan fingerprint density at radius 1 is 1.02 bits per heavy atom. The molecule has 0 unspecified atom stereocenters. The number of fused-ring (bicyclic) bond motifs is 2. The maximum Gasteiger partial charge on any atom is 0.410 e. The van der Waals surface area contributed by atoms with Crippen LogP contribution >= 0.6 is 0 Å². The molecule has 312 valence electrons. The number of benzene rings is 2. The molecule has 0 radical (unpaired) electrons. The van der Waals surface area contributed by atoms with Crippen molar-refractivity contribution in [1.82, 2.24) is 9.88 Å². The maximum atomic E-state index is 14.0. The molecule has 12 nitrogen and oxygen atoms in total. The molecule has 3 aliphatic rings. The van der Waals surface area contributed by atoms with Gasteiger partial charge in [-0.05, 0) is 85.9 Å². The predicted octanol–water partition coefficient (Wildman–Crippen LogP) is 7.52. The van der Waals surface area contributed by atoms with E-state index in [0.29, 0.717) is 43.3 Å². The number of hydrogen-bond donors (Lipinski definition) is 2. The van der Waals surface area contributed by atoms with E-state index < -0.39 is 23.8 Å². The van der Waals surface area contributed by atoms with Crippen molar-refractivity contribution in [2.75, 3.05) is 47.2 Å². The summed E-state index contributed by atoms with van der Waals surface area (Å²) in [5.74, 6) is -0.457. The Kier molecular flexibility index (Phi) is 15.4. The topological polar surface area (TPSA) is 141 Å². The highest BCUT2D eigenvalue weighted by molar-refractivity contribution is 6.02. The third-order valence-electron chi connectivity index (χ3n) is 11.5. The second-order valence-corrected chi connectivity index (χ2v) is 15.3. The first-order valence-corrected chi connectivity index (χ1v) is 20.5. The van der Waals surface area contributed by atoms with Gasteiger partial charge in [0.2, 0.25) is 5.79 Å². The zero-order valence-corrected chi connectivity index (χ0v) is 34.1. The lowest BCUT2D eigenvalue weighted by Gasteiger charge is -2.59. The van der Waals surface area contributed by atoms with Gasteiger partial charge < -0.3 is 43.6 Å². The number of carbonyl (C=O) groups is 1. The summed E-state index contributed by atoms with van der Waals surface area (Å²) < 4.78 is 32.1. The van der Waals surface area contributed by atoms with Gasteiger partial charge in [0.1, 0.15) is 37.9 Å². The Morgan fingerprint density at radius 3 is 2.55 bits per heavy atom. The summed E-state index contributed by atoms with van der Waals surface area (Å²) in [5.41, 5.74) is 5.41. The number of allylic oxidation sites excluding steroid dienone is 1. The van der Waals surface area contributed by atoms with E-state index in [1.807, 2.05) is 67.6 Å². The average molecular weight is 798 g/mol. The number of carbonyl (C=O) groups excluding carboxylic acids is 1. The van der Waals surface area contributed by atoms with Crippen LogP contribution in [0.2, 0.25) is 0 Å². The average Bonchev–Trinajstić information content (AvgIpc) is 3.23. The Labute approximate surface area is 342 Å². The van der Waals surface area contributed by atoms with Gasteiger partial charge in [-0.3, -0.25) is 4.98 Å². The highest BCUT2D eigenvalue weighted by Gasteiger charge is 2.65. The van der Waals surface area contributed by atoms with Crippen molar-refractivity contribution < 1.29 is 43.5 Å². The van der Waals surface area contributed by atoms with E-state index >= 15 is 0 Å². The van der Waals surface area contributed by atoms with Crippen molar-refractivity contribution >= 4 is 11.8 Å². The van der Waals surface area contributed by atoms with Crippen LogP contribution in [-0.4, -0.2) is 90.9 Å². The summed E-state index contributed by atoms with van der Waals surface area (Å²) in [5, 5.41) is 24.3. The number of aliphatic hydroxyl groups excluding tert-OH is 2. The molecule has 0 spiro atoms. The van der Waals surface area contributed by atoms with Gasteiger partial charge in [-0.1, -0.05) is 66.5 Å². The third kappa shape index (κ3) is 9.91. The quantitative estimate of drug-likeness (QED) is 0.0632. The maximum absolute atomic E-state index is 14.0. The molecule has 0 bridgehead atoms. The zero-order valence-electron chi connectivity index (χ0n) is 34.1. The molecule has 1 amide bonds. The van der Waals surface area contributed by atoms with Crippen molar-refractivity contribution in [3.63, 3.8) is 0 Å². The van der Waals surface area contributed by atoms with Gasteiger partial charge >= 0.3 is 6.09 Å². The largest absolute Gasteiger partial charge is 0.487 e. The molecule has 6 rings (SSSR count). The number of ether oxygens (including phenoxy) is 5. The monoisotopic (exact) mass is 797 g/mol. The van der Waals surface area contributed by atoms with Gasteiger partial charge in [-0.2, -0.15) is 0 Å². The highest BCUT2D eigenvalue weighted by atomic mass is 16.7. The van der Waals surface area contributed by atoms with E-state index in [1.54, 1.807) is 18.0 Å². The Morgan fingerprint density at radius 2 is 1.81 bits per heavy atom. The third-order valence-corrected chi connectivity index (χ3v) is 11.5. The number of rotatable bonds is 21. The van der Waals surface area contributed by atoms with E-state index in [4.69, 9.17) is 28.5 Å². The van der Waals surface area contributed by atoms with E-state index in [1.165, 1.54) is 7.11 Å². The number of likely N-dealkylation sites (N-methyl/N-ethyl adjacent to an activating group) is 1. The first-order valence-electron chi connectivity index (χ1n) is 20.5. The molecule has 1 aromatic heterocycles. The zero-order chi connectivity index (χ0) is 40.9. The van der Waals surface area contributed by atoms with Gasteiger partial charge in [0.15, 0.2) is 0 Å². The fraction of sp³-hybridized carbons (Fsp3) is 0.500. The van der Waals surface area contributed by atoms with Crippen molar-refractivity contribution in [2.45, 2.75) is 82.8 Å². The predicted molar refractivity (Wildman–Crippen MR) is 220 cm³/mol. The van der Waals surface area contributed by atoms with Crippen LogP contribution in [-0.2, 0) is 32.3 Å². The molecule has 1 aliphatic heterocycles. The molecule has 1 fully saturated rings. The van der Waals surface area contributed by atoms with Gasteiger partial charge in [0.05, 0.1) is 37.1 Å². The van der Waals surface area contributed by atoms with Crippen LogP contribution in [0.15, 0.2) is 96.2 Å². The van der Waals surface area contributed by atoms with Gasteiger partial charge in [-0.25, -0.2) is 4.79 Å². The van der Waals surface area contributed by atoms with Gasteiger partial charge in [-0.15, -0.1) is 6.58 Å². The first-order chi connectivity index (χ1) is 28.3. The van der Waals surface area contributed by atoms with Crippen LogP contribution in [0.1, 0.15) is 73.4 Å². The van der Waals surface area contributed by atoms with Crippen LogP contribution in [0.3, 0.4) is 0 Å². The van der Waals surface area contributed by atoms with Crippen molar-refractivity contribution in [1.29, 1.82) is 0 Å². The van der Waals surface area contributed by atoms with E-state index in [9.17, 15) is 15.0 Å². The second-order valence-electron chi connectivity index (χ2n) is 15.3. The fourth-order valence-electron chi connectivity index (χ4n) is 8.95. The minimum Gasteiger partial charge on any atom is -0.487 e. The van der Waals surface area contributed by atoms with Gasteiger partial charge in [0, 0.05) is 43.9 Å². The molecule has 3 aromatic rings. The number of amides is 1. The lowest BCUT2D eigenvalue weighted by molar-refractivity contribution is -0.253. The van der Waals surface area contributed by atoms with Crippen LogP contribution in [0, 0.1) is 24.7 Å². The molecule has 6 atom stereocenters. The molecule has 1 saturated carbocycles. The summed E-state index contributed by atoms with van der Waals surface area (Å²) in [6.07, 6.45) is 8.43. The van der Waals surface area contributed by atoms with Crippen molar-refractivity contribution in [3.05, 3.63) is 114 Å². The number of hydrogen-bond acceptors (Lipinski definition) is 11. The molecule has 0 saturated heterocycles. The van der Waals surface area contributed by atoms with E-state index in [2.05, 4.69) is 28.9 Å². The molecular formula is C46H59N3O9. The summed E-state index contributed by atoms with van der Waals surface area (Å²) in [4.78, 5) is 25.7. The molecule has 2 N–H and O–H groups in total. The molecule has 2 aromatic carbocycles. The normalized spacial score (nSPS) is 23.8. The Hall–Kier alpha value is -4.75. The summed E-state index contributed by atoms with van der Waals surface area (Å²) >= 11 is 0. The van der Waals surface area contributed by atoms with E-state index in [0.717, 1.165) is 53.8 Å².